The second-order valence-corrected chi connectivity index (χ2v) is 5.61. The topological polar surface area (TPSA) is 32.1 Å². The van der Waals surface area contributed by atoms with Crippen molar-refractivity contribution in [3.05, 3.63) is 0 Å². The molecule has 0 aromatic heterocycles. The molecule has 1 saturated carbocycles. The first-order valence-electron chi connectivity index (χ1n) is 7.02. The number of rotatable bonds is 2. The zero-order chi connectivity index (χ0) is 10.6. The van der Waals surface area contributed by atoms with Gasteiger partial charge in [0.05, 0.1) is 13.1 Å². The Kier molecular flexibility index (Phi) is 4.04. The molecule has 4 N–H and O–H groups in total. The summed E-state index contributed by atoms with van der Waals surface area (Å²) in [5.41, 5.74) is 4.85. The Morgan fingerprint density at radius 3 is 1.87 bits per heavy atom. The molecule has 2 nitrogen and oxygen atoms in total. The molecule has 0 spiro atoms. The molecule has 2 fully saturated rings. The van der Waals surface area contributed by atoms with Gasteiger partial charge in [0.15, 0.2) is 0 Å². The van der Waals surface area contributed by atoms with E-state index in [0.717, 1.165) is 0 Å². The molecule has 0 amide bonds. The number of hydrogen-bond donors (Lipinski definition) is 2. The van der Waals surface area contributed by atoms with Gasteiger partial charge in [-0.3, -0.25) is 0 Å². The fraction of sp³-hybridized carbons (Fsp3) is 1.00. The van der Waals surface area contributed by atoms with Crippen molar-refractivity contribution < 1.29 is 10.6 Å². The van der Waals surface area contributed by atoms with E-state index in [2.05, 4.69) is 5.73 Å². The van der Waals surface area contributed by atoms with Gasteiger partial charge in [-0.15, -0.1) is 0 Å². The van der Waals surface area contributed by atoms with Crippen LogP contribution in [0.25, 0.3) is 0 Å². The summed E-state index contributed by atoms with van der Waals surface area (Å²) in [6.07, 6.45) is 13.1. The average Bonchev–Trinajstić information content (AvgIpc) is 2.59. The third-order valence-corrected chi connectivity index (χ3v) is 4.75. The van der Waals surface area contributed by atoms with E-state index < -0.39 is 0 Å². The molecule has 1 heterocycles. The quantitative estimate of drug-likeness (QED) is 0.664. The molecule has 2 aliphatic rings. The fourth-order valence-electron chi connectivity index (χ4n) is 3.69. The maximum Gasteiger partial charge on any atom is 0.147 e. The predicted octanol–water partition coefficient (Wildman–Crippen LogP) is 0.390. The molecule has 0 aromatic rings. The maximum absolute atomic E-state index is 4.27. The van der Waals surface area contributed by atoms with Crippen LogP contribution >= 0.6 is 0 Å². The number of quaternary nitrogens is 2. The van der Waals surface area contributed by atoms with Crippen molar-refractivity contribution in [1.29, 1.82) is 0 Å². The van der Waals surface area contributed by atoms with Crippen molar-refractivity contribution >= 4 is 0 Å². The molecule has 2 heteroatoms. The molecule has 0 radical (unpaired) electrons. The maximum atomic E-state index is 4.27. The lowest BCUT2D eigenvalue weighted by molar-refractivity contribution is -0.960. The first-order chi connectivity index (χ1) is 7.37. The van der Waals surface area contributed by atoms with Crippen LogP contribution in [0.1, 0.15) is 57.8 Å². The van der Waals surface area contributed by atoms with Gasteiger partial charge in [0.1, 0.15) is 12.1 Å². The van der Waals surface area contributed by atoms with E-state index in [1.165, 1.54) is 77.4 Å². The van der Waals surface area contributed by atoms with Crippen LogP contribution in [-0.2, 0) is 0 Å². The minimum atomic E-state index is 0.586. The van der Waals surface area contributed by atoms with Gasteiger partial charge >= 0.3 is 0 Å². The minimum absolute atomic E-state index is 0.586. The van der Waals surface area contributed by atoms with Crippen LogP contribution in [0.5, 0.6) is 0 Å². The van der Waals surface area contributed by atoms with Crippen LogP contribution in [-0.4, -0.2) is 25.2 Å². The average molecular weight is 212 g/mol. The molecule has 0 aromatic carbocycles. The Morgan fingerprint density at radius 2 is 1.33 bits per heavy atom. The molecule has 88 valence electrons. The smallest absolute Gasteiger partial charge is 0.147 e. The minimum Gasteiger partial charge on any atom is -0.352 e. The first-order valence-corrected chi connectivity index (χ1v) is 7.02. The Labute approximate surface area is 94.2 Å². The van der Waals surface area contributed by atoms with E-state index in [1.807, 2.05) is 4.90 Å². The Bertz CT molecular complexity index is 177. The van der Waals surface area contributed by atoms with Crippen molar-refractivity contribution in [3.63, 3.8) is 0 Å². The normalized spacial score (nSPS) is 28.6. The summed E-state index contributed by atoms with van der Waals surface area (Å²) in [6, 6.07) is 0. The standard InChI is InChI=1S/C13H26N2/c14-12-13(8-4-3-5-9-13)15-10-6-1-2-7-11-15/h1-12,14H2/p+2. The fourth-order valence-corrected chi connectivity index (χ4v) is 3.69. The van der Waals surface area contributed by atoms with E-state index in [1.54, 1.807) is 0 Å². The third kappa shape index (κ3) is 2.54. The Hall–Kier alpha value is -0.0800. The van der Waals surface area contributed by atoms with Gasteiger partial charge in [0.2, 0.25) is 0 Å². The van der Waals surface area contributed by atoms with Crippen molar-refractivity contribution in [2.45, 2.75) is 63.3 Å². The van der Waals surface area contributed by atoms with Crippen molar-refractivity contribution in [3.8, 4) is 0 Å². The van der Waals surface area contributed by atoms with Crippen LogP contribution in [0, 0.1) is 0 Å². The molecule has 0 unspecified atom stereocenters. The SMILES string of the molecule is [NH3+]CC1([NH+]2CCCCCC2)CCCCC1. The van der Waals surface area contributed by atoms with Gasteiger partial charge in [-0.2, -0.15) is 0 Å². The van der Waals surface area contributed by atoms with Crippen LogP contribution in [0.4, 0.5) is 0 Å². The molecular formula is C13H28N2+2. The summed E-state index contributed by atoms with van der Waals surface area (Å²) in [7, 11) is 0. The molecule has 1 aliphatic carbocycles. The van der Waals surface area contributed by atoms with Gasteiger partial charge in [-0.1, -0.05) is 6.42 Å². The molecule has 1 aliphatic heterocycles. The molecule has 0 bridgehead atoms. The summed E-state index contributed by atoms with van der Waals surface area (Å²) < 4.78 is 0. The second-order valence-electron chi connectivity index (χ2n) is 5.61. The van der Waals surface area contributed by atoms with Crippen LogP contribution < -0.4 is 10.6 Å². The molecule has 1 saturated heterocycles. The summed E-state index contributed by atoms with van der Waals surface area (Å²) in [4.78, 5) is 1.91. The van der Waals surface area contributed by atoms with E-state index in [9.17, 15) is 0 Å². The Balaban J connectivity index is 2.01. The number of likely N-dealkylation sites (tertiary alicyclic amines) is 1. The number of nitrogens with one attached hydrogen (secondary N) is 1. The van der Waals surface area contributed by atoms with Gasteiger partial charge in [0, 0.05) is 12.8 Å². The van der Waals surface area contributed by atoms with E-state index >= 15 is 0 Å². The summed E-state index contributed by atoms with van der Waals surface area (Å²) in [5, 5.41) is 0. The number of hydrogen-bond acceptors (Lipinski definition) is 0. The van der Waals surface area contributed by atoms with Gasteiger partial charge < -0.3 is 10.6 Å². The summed E-state index contributed by atoms with van der Waals surface area (Å²) in [6.45, 7) is 4.02. The highest BCUT2D eigenvalue weighted by Gasteiger charge is 2.42. The van der Waals surface area contributed by atoms with Crippen LogP contribution in [0.15, 0.2) is 0 Å². The lowest BCUT2D eigenvalue weighted by atomic mass is 9.80. The van der Waals surface area contributed by atoms with E-state index in [0.29, 0.717) is 5.54 Å². The van der Waals surface area contributed by atoms with Gasteiger partial charge in [-0.05, 0) is 38.5 Å². The predicted molar refractivity (Wildman–Crippen MR) is 62.7 cm³/mol. The zero-order valence-corrected chi connectivity index (χ0v) is 10.2. The third-order valence-electron chi connectivity index (χ3n) is 4.75. The largest absolute Gasteiger partial charge is 0.352 e. The molecular weight excluding hydrogens is 184 g/mol. The molecule has 0 atom stereocenters. The lowest BCUT2D eigenvalue weighted by Gasteiger charge is -2.40. The van der Waals surface area contributed by atoms with Crippen molar-refractivity contribution in [1.82, 2.24) is 0 Å². The highest BCUT2D eigenvalue weighted by atomic mass is 15.2. The molecule has 15 heavy (non-hydrogen) atoms. The van der Waals surface area contributed by atoms with E-state index in [4.69, 9.17) is 0 Å². The summed E-state index contributed by atoms with van der Waals surface area (Å²) >= 11 is 0. The van der Waals surface area contributed by atoms with E-state index in [-0.39, 0.29) is 0 Å². The van der Waals surface area contributed by atoms with Gasteiger partial charge in [0.25, 0.3) is 0 Å². The zero-order valence-electron chi connectivity index (χ0n) is 10.2. The monoisotopic (exact) mass is 212 g/mol. The summed E-state index contributed by atoms with van der Waals surface area (Å²) in [5.74, 6) is 0. The first kappa shape index (κ1) is 11.4. The Morgan fingerprint density at radius 1 is 0.800 bits per heavy atom. The van der Waals surface area contributed by atoms with Crippen molar-refractivity contribution in [2.75, 3.05) is 19.6 Å². The van der Waals surface area contributed by atoms with Crippen LogP contribution in [0.3, 0.4) is 0 Å². The highest BCUT2D eigenvalue weighted by molar-refractivity contribution is 4.82. The molecule has 2 rings (SSSR count). The van der Waals surface area contributed by atoms with Gasteiger partial charge in [-0.25, -0.2) is 0 Å². The van der Waals surface area contributed by atoms with Crippen molar-refractivity contribution in [2.24, 2.45) is 0 Å². The highest BCUT2D eigenvalue weighted by Crippen LogP contribution is 2.24. The lowest BCUT2D eigenvalue weighted by Crippen LogP contribution is -3.22. The van der Waals surface area contributed by atoms with Crippen LogP contribution in [0.2, 0.25) is 0 Å². The second kappa shape index (κ2) is 5.31.